The highest BCUT2D eigenvalue weighted by Gasteiger charge is 2.12. The summed E-state index contributed by atoms with van der Waals surface area (Å²) in [5.74, 6) is 0.607. The van der Waals surface area contributed by atoms with Crippen molar-refractivity contribution in [3.63, 3.8) is 0 Å². The first-order chi connectivity index (χ1) is 13.2. The standard InChI is InChI=1S/C23H21NO2S/c1-3-9-17-16-18(14-15-21(17)26-2)23(25)24-20-12-7-8-13-22(20)27-19-10-5-4-6-11-19/h3-8,10-16H,1,9H2,2H3,(H,24,25). The number of benzene rings is 3. The van der Waals surface area contributed by atoms with Gasteiger partial charge in [-0.1, -0.05) is 48.2 Å². The third-order valence-electron chi connectivity index (χ3n) is 4.01. The Labute approximate surface area is 164 Å². The minimum absolute atomic E-state index is 0.149. The van der Waals surface area contributed by atoms with Gasteiger partial charge in [-0.15, -0.1) is 6.58 Å². The van der Waals surface area contributed by atoms with Crippen molar-refractivity contribution in [1.82, 2.24) is 0 Å². The summed E-state index contributed by atoms with van der Waals surface area (Å²) in [7, 11) is 1.62. The van der Waals surface area contributed by atoms with Gasteiger partial charge in [0.25, 0.3) is 5.91 Å². The number of carbonyl (C=O) groups is 1. The van der Waals surface area contributed by atoms with Crippen LogP contribution in [0, 0.1) is 0 Å². The van der Waals surface area contributed by atoms with Crippen molar-refractivity contribution < 1.29 is 9.53 Å². The largest absolute Gasteiger partial charge is 0.496 e. The topological polar surface area (TPSA) is 38.3 Å². The van der Waals surface area contributed by atoms with E-state index < -0.39 is 0 Å². The molecule has 136 valence electrons. The van der Waals surface area contributed by atoms with Crippen LogP contribution in [0.2, 0.25) is 0 Å². The lowest BCUT2D eigenvalue weighted by atomic mass is 10.1. The van der Waals surface area contributed by atoms with Gasteiger partial charge < -0.3 is 10.1 Å². The molecule has 0 spiro atoms. The lowest BCUT2D eigenvalue weighted by Gasteiger charge is -2.12. The first-order valence-corrected chi connectivity index (χ1v) is 9.44. The molecule has 1 amide bonds. The van der Waals surface area contributed by atoms with Gasteiger partial charge in [0.05, 0.1) is 12.8 Å². The van der Waals surface area contributed by atoms with Gasteiger partial charge in [-0.3, -0.25) is 4.79 Å². The molecule has 0 saturated carbocycles. The minimum Gasteiger partial charge on any atom is -0.496 e. The van der Waals surface area contributed by atoms with Gasteiger partial charge in [0.1, 0.15) is 5.75 Å². The van der Waals surface area contributed by atoms with Crippen LogP contribution >= 0.6 is 11.8 Å². The van der Waals surface area contributed by atoms with Gasteiger partial charge in [-0.05, 0) is 54.4 Å². The summed E-state index contributed by atoms with van der Waals surface area (Å²) in [4.78, 5) is 14.9. The Kier molecular flexibility index (Phi) is 6.34. The highest BCUT2D eigenvalue weighted by molar-refractivity contribution is 7.99. The average Bonchev–Trinajstić information content (AvgIpc) is 2.70. The van der Waals surface area contributed by atoms with E-state index in [1.807, 2.05) is 66.7 Å². The number of hydrogen-bond donors (Lipinski definition) is 1. The van der Waals surface area contributed by atoms with Gasteiger partial charge in [-0.25, -0.2) is 0 Å². The summed E-state index contributed by atoms with van der Waals surface area (Å²) < 4.78 is 5.35. The number of anilines is 1. The van der Waals surface area contributed by atoms with E-state index in [1.54, 1.807) is 31.0 Å². The molecule has 0 aliphatic heterocycles. The van der Waals surface area contributed by atoms with E-state index in [-0.39, 0.29) is 5.91 Å². The molecule has 0 heterocycles. The van der Waals surface area contributed by atoms with E-state index >= 15 is 0 Å². The van der Waals surface area contributed by atoms with Crippen LogP contribution in [0.3, 0.4) is 0 Å². The summed E-state index contributed by atoms with van der Waals surface area (Å²) in [5, 5.41) is 3.03. The van der Waals surface area contributed by atoms with E-state index in [9.17, 15) is 4.79 Å². The number of para-hydroxylation sites is 1. The smallest absolute Gasteiger partial charge is 0.255 e. The van der Waals surface area contributed by atoms with Crippen LogP contribution in [-0.4, -0.2) is 13.0 Å². The number of amides is 1. The summed E-state index contributed by atoms with van der Waals surface area (Å²) in [6.07, 6.45) is 2.44. The fraction of sp³-hybridized carbons (Fsp3) is 0.0870. The van der Waals surface area contributed by atoms with Gasteiger partial charge in [0.15, 0.2) is 0 Å². The van der Waals surface area contributed by atoms with E-state index in [0.29, 0.717) is 12.0 Å². The second kappa shape index (κ2) is 9.10. The van der Waals surface area contributed by atoms with E-state index in [2.05, 4.69) is 11.9 Å². The van der Waals surface area contributed by atoms with Gasteiger partial charge in [0.2, 0.25) is 0 Å². The lowest BCUT2D eigenvalue weighted by molar-refractivity contribution is 0.102. The number of nitrogens with one attached hydrogen (secondary N) is 1. The number of rotatable bonds is 7. The quantitative estimate of drug-likeness (QED) is 0.528. The first-order valence-electron chi connectivity index (χ1n) is 8.62. The van der Waals surface area contributed by atoms with E-state index in [4.69, 9.17) is 4.74 Å². The van der Waals surface area contributed by atoms with Crippen LogP contribution in [0.5, 0.6) is 5.75 Å². The first kappa shape index (κ1) is 18.8. The molecule has 4 heteroatoms. The predicted molar refractivity (Wildman–Crippen MR) is 112 cm³/mol. The molecule has 0 unspecified atom stereocenters. The van der Waals surface area contributed by atoms with Gasteiger partial charge in [-0.2, -0.15) is 0 Å². The third-order valence-corrected chi connectivity index (χ3v) is 5.10. The van der Waals surface area contributed by atoms with E-state index in [1.165, 1.54) is 0 Å². The van der Waals surface area contributed by atoms with Crippen molar-refractivity contribution in [2.75, 3.05) is 12.4 Å². The summed E-state index contributed by atoms with van der Waals surface area (Å²) >= 11 is 1.62. The Morgan fingerprint density at radius 1 is 1.07 bits per heavy atom. The number of allylic oxidation sites excluding steroid dienone is 1. The zero-order chi connectivity index (χ0) is 19.1. The molecule has 3 aromatic carbocycles. The van der Waals surface area contributed by atoms with Crippen molar-refractivity contribution in [1.29, 1.82) is 0 Å². The molecule has 0 aliphatic rings. The minimum atomic E-state index is -0.149. The third kappa shape index (κ3) is 4.80. The molecule has 3 rings (SSSR count). The maximum atomic E-state index is 12.8. The second-order valence-corrected chi connectivity index (χ2v) is 7.00. The van der Waals surface area contributed by atoms with Crippen LogP contribution in [0.1, 0.15) is 15.9 Å². The summed E-state index contributed by atoms with van der Waals surface area (Å²) in [6.45, 7) is 3.77. The Morgan fingerprint density at radius 3 is 2.56 bits per heavy atom. The SMILES string of the molecule is C=CCc1cc(C(=O)Nc2ccccc2Sc2ccccc2)ccc1OC. The van der Waals surface area contributed by atoms with Crippen LogP contribution in [0.15, 0.2) is 95.2 Å². The molecule has 0 fully saturated rings. The number of methoxy groups -OCH3 is 1. The highest BCUT2D eigenvalue weighted by Crippen LogP contribution is 2.33. The number of hydrogen-bond acceptors (Lipinski definition) is 3. The normalized spacial score (nSPS) is 10.3. The second-order valence-electron chi connectivity index (χ2n) is 5.88. The molecule has 27 heavy (non-hydrogen) atoms. The summed E-state index contributed by atoms with van der Waals surface area (Å²) in [5.41, 5.74) is 2.32. The molecular formula is C23H21NO2S. The number of ether oxygens (including phenoxy) is 1. The Bertz CT molecular complexity index is 938. The van der Waals surface area contributed by atoms with Crippen molar-refractivity contribution in [3.05, 3.63) is 96.6 Å². The summed E-state index contributed by atoms with van der Waals surface area (Å²) in [6, 6.07) is 23.3. The van der Waals surface area contributed by atoms with Crippen LogP contribution in [-0.2, 0) is 6.42 Å². The molecule has 0 atom stereocenters. The maximum Gasteiger partial charge on any atom is 0.255 e. The van der Waals surface area contributed by atoms with Gasteiger partial charge in [0, 0.05) is 15.4 Å². The van der Waals surface area contributed by atoms with E-state index in [0.717, 1.165) is 26.8 Å². The fourth-order valence-corrected chi connectivity index (χ4v) is 3.63. The zero-order valence-corrected chi connectivity index (χ0v) is 16.0. The molecule has 0 bridgehead atoms. The Balaban J connectivity index is 1.82. The van der Waals surface area contributed by atoms with Crippen molar-refractivity contribution in [2.45, 2.75) is 16.2 Å². The molecule has 0 aromatic heterocycles. The molecule has 0 aliphatic carbocycles. The van der Waals surface area contributed by atoms with Crippen LogP contribution < -0.4 is 10.1 Å². The van der Waals surface area contributed by atoms with Crippen molar-refractivity contribution in [3.8, 4) is 5.75 Å². The zero-order valence-electron chi connectivity index (χ0n) is 15.1. The molecule has 3 nitrogen and oxygen atoms in total. The Hall–Kier alpha value is -2.98. The van der Waals surface area contributed by atoms with Gasteiger partial charge >= 0.3 is 0 Å². The van der Waals surface area contributed by atoms with Crippen molar-refractivity contribution in [2.24, 2.45) is 0 Å². The molecule has 3 aromatic rings. The molecule has 0 radical (unpaired) electrons. The number of carbonyl (C=O) groups excluding carboxylic acids is 1. The lowest BCUT2D eigenvalue weighted by Crippen LogP contribution is -2.13. The van der Waals surface area contributed by atoms with Crippen LogP contribution in [0.25, 0.3) is 0 Å². The molecule has 1 N–H and O–H groups in total. The van der Waals surface area contributed by atoms with Crippen LogP contribution in [0.4, 0.5) is 5.69 Å². The maximum absolute atomic E-state index is 12.8. The monoisotopic (exact) mass is 375 g/mol. The highest BCUT2D eigenvalue weighted by atomic mass is 32.2. The Morgan fingerprint density at radius 2 is 1.81 bits per heavy atom. The fourth-order valence-electron chi connectivity index (χ4n) is 2.70. The van der Waals surface area contributed by atoms with Crippen molar-refractivity contribution >= 4 is 23.4 Å². The molecular weight excluding hydrogens is 354 g/mol. The average molecular weight is 375 g/mol. The predicted octanol–water partition coefficient (Wildman–Crippen LogP) is 5.83. The molecule has 0 saturated heterocycles.